The van der Waals surface area contributed by atoms with E-state index in [-0.39, 0.29) is 23.3 Å². The van der Waals surface area contributed by atoms with Crippen molar-refractivity contribution in [3.05, 3.63) is 42.5 Å². The van der Waals surface area contributed by atoms with Crippen molar-refractivity contribution in [2.75, 3.05) is 11.2 Å². The largest absolute Gasteiger partial charge is 0.508 e. The molecule has 1 amide bonds. The fourth-order valence-electron chi connectivity index (χ4n) is 1.70. The lowest BCUT2D eigenvalue weighted by Gasteiger charge is -2.10. The lowest BCUT2D eigenvalue weighted by atomic mass is 10.0. The van der Waals surface area contributed by atoms with E-state index in [0.29, 0.717) is 11.3 Å². The molecule has 0 saturated carbocycles. The predicted octanol–water partition coefficient (Wildman–Crippen LogP) is 2.94. The standard InChI is InChI=1S/C14H12ClNO3/c15-8-13(18)16-12-3-1-2-11(14(12)19)9-4-6-10(17)7-5-9/h1-7,17,19H,8H2,(H,16,18). The van der Waals surface area contributed by atoms with Crippen molar-refractivity contribution in [2.24, 2.45) is 0 Å². The van der Waals surface area contributed by atoms with E-state index in [9.17, 15) is 15.0 Å². The number of carbonyl (C=O) groups excluding carboxylic acids is 1. The molecule has 3 N–H and O–H groups in total. The van der Waals surface area contributed by atoms with E-state index in [2.05, 4.69) is 5.32 Å². The van der Waals surface area contributed by atoms with Gasteiger partial charge in [-0.25, -0.2) is 0 Å². The Morgan fingerprint density at radius 3 is 2.42 bits per heavy atom. The second kappa shape index (κ2) is 5.63. The number of hydrogen-bond acceptors (Lipinski definition) is 3. The van der Waals surface area contributed by atoms with Crippen LogP contribution in [0.5, 0.6) is 11.5 Å². The van der Waals surface area contributed by atoms with Crippen LogP contribution in [-0.4, -0.2) is 22.0 Å². The monoisotopic (exact) mass is 277 g/mol. The van der Waals surface area contributed by atoms with Crippen LogP contribution in [0.4, 0.5) is 5.69 Å². The molecule has 2 aromatic carbocycles. The van der Waals surface area contributed by atoms with Gasteiger partial charge in [-0.3, -0.25) is 4.79 Å². The van der Waals surface area contributed by atoms with Crippen molar-refractivity contribution in [3.8, 4) is 22.6 Å². The Hall–Kier alpha value is -2.20. The van der Waals surface area contributed by atoms with Crippen molar-refractivity contribution in [1.29, 1.82) is 0 Å². The molecule has 0 heterocycles. The van der Waals surface area contributed by atoms with Crippen LogP contribution in [-0.2, 0) is 4.79 Å². The highest BCUT2D eigenvalue weighted by Gasteiger charge is 2.10. The summed E-state index contributed by atoms with van der Waals surface area (Å²) in [4.78, 5) is 11.2. The number of alkyl halides is 1. The molecule has 0 bridgehead atoms. The summed E-state index contributed by atoms with van der Waals surface area (Å²) in [7, 11) is 0. The molecule has 0 aliphatic heterocycles. The van der Waals surface area contributed by atoms with E-state index in [0.717, 1.165) is 5.56 Å². The number of phenolic OH excluding ortho intramolecular Hbond substituents is 2. The first-order chi connectivity index (χ1) is 9.11. The number of hydrogen-bond donors (Lipinski definition) is 3. The first-order valence-corrected chi connectivity index (χ1v) is 6.12. The summed E-state index contributed by atoms with van der Waals surface area (Å²) < 4.78 is 0. The molecule has 5 heteroatoms. The number of phenols is 2. The molecule has 0 radical (unpaired) electrons. The topological polar surface area (TPSA) is 69.6 Å². The summed E-state index contributed by atoms with van der Waals surface area (Å²) in [6.45, 7) is 0. The number of anilines is 1. The highest BCUT2D eigenvalue weighted by molar-refractivity contribution is 6.29. The number of rotatable bonds is 3. The summed E-state index contributed by atoms with van der Waals surface area (Å²) in [5.74, 6) is -0.454. The van der Waals surface area contributed by atoms with Crippen LogP contribution >= 0.6 is 11.6 Å². The van der Waals surface area contributed by atoms with Gasteiger partial charge in [0.05, 0.1) is 5.69 Å². The highest BCUT2D eigenvalue weighted by atomic mass is 35.5. The summed E-state index contributed by atoms with van der Waals surface area (Å²) in [6.07, 6.45) is 0. The maximum absolute atomic E-state index is 11.2. The van der Waals surface area contributed by atoms with Gasteiger partial charge in [0.1, 0.15) is 17.4 Å². The van der Waals surface area contributed by atoms with Crippen LogP contribution in [0.2, 0.25) is 0 Å². The van der Waals surface area contributed by atoms with Gasteiger partial charge in [0.2, 0.25) is 5.91 Å². The molecule has 98 valence electrons. The van der Waals surface area contributed by atoms with Gasteiger partial charge in [0.15, 0.2) is 0 Å². The SMILES string of the molecule is O=C(CCl)Nc1cccc(-c2ccc(O)cc2)c1O. The smallest absolute Gasteiger partial charge is 0.239 e. The third-order valence-corrected chi connectivity index (χ3v) is 2.85. The molecule has 2 aromatic rings. The third-order valence-electron chi connectivity index (χ3n) is 2.61. The third kappa shape index (κ3) is 2.98. The molecule has 19 heavy (non-hydrogen) atoms. The average molecular weight is 278 g/mol. The number of para-hydroxylation sites is 1. The normalized spacial score (nSPS) is 10.2. The Morgan fingerprint density at radius 1 is 1.11 bits per heavy atom. The number of halogens is 1. The zero-order chi connectivity index (χ0) is 13.8. The van der Waals surface area contributed by atoms with Crippen molar-refractivity contribution < 1.29 is 15.0 Å². The maximum atomic E-state index is 11.2. The van der Waals surface area contributed by atoms with Crippen molar-refractivity contribution in [2.45, 2.75) is 0 Å². The molecule has 0 fully saturated rings. The van der Waals surface area contributed by atoms with E-state index in [1.54, 1.807) is 30.3 Å². The zero-order valence-corrected chi connectivity index (χ0v) is 10.7. The zero-order valence-electron chi connectivity index (χ0n) is 9.93. The predicted molar refractivity (Wildman–Crippen MR) is 74.6 cm³/mol. The van der Waals surface area contributed by atoms with Gasteiger partial charge in [-0.15, -0.1) is 11.6 Å². The first kappa shape index (κ1) is 13.2. The second-order valence-electron chi connectivity index (χ2n) is 3.93. The van der Waals surface area contributed by atoms with E-state index < -0.39 is 0 Å². The molecule has 4 nitrogen and oxygen atoms in total. The van der Waals surface area contributed by atoms with Crippen LogP contribution in [0.15, 0.2) is 42.5 Å². The highest BCUT2D eigenvalue weighted by Crippen LogP contribution is 2.35. The molecule has 2 rings (SSSR count). The van der Waals surface area contributed by atoms with Crippen LogP contribution in [0.1, 0.15) is 0 Å². The van der Waals surface area contributed by atoms with E-state index in [1.807, 2.05) is 0 Å². The molecular formula is C14H12ClNO3. The Kier molecular flexibility index (Phi) is 3.92. The number of carbonyl (C=O) groups is 1. The Morgan fingerprint density at radius 2 is 1.79 bits per heavy atom. The van der Waals surface area contributed by atoms with Crippen molar-refractivity contribution in [3.63, 3.8) is 0 Å². The number of benzene rings is 2. The Labute approximate surface area is 115 Å². The van der Waals surface area contributed by atoms with Gasteiger partial charge >= 0.3 is 0 Å². The van der Waals surface area contributed by atoms with E-state index in [4.69, 9.17) is 11.6 Å². The minimum atomic E-state index is -0.389. The van der Waals surface area contributed by atoms with Gasteiger partial charge < -0.3 is 15.5 Å². The summed E-state index contributed by atoms with van der Waals surface area (Å²) >= 11 is 5.41. The Balaban J connectivity index is 2.39. The molecule has 0 aromatic heterocycles. The van der Waals surface area contributed by atoms with Crippen LogP contribution in [0, 0.1) is 0 Å². The van der Waals surface area contributed by atoms with Gasteiger partial charge in [-0.2, -0.15) is 0 Å². The molecule has 0 aliphatic carbocycles. The summed E-state index contributed by atoms with van der Waals surface area (Å²) in [5.41, 5.74) is 1.60. The maximum Gasteiger partial charge on any atom is 0.239 e. The first-order valence-electron chi connectivity index (χ1n) is 5.59. The number of nitrogens with one attached hydrogen (secondary N) is 1. The number of aromatic hydroxyl groups is 2. The van der Waals surface area contributed by atoms with Gasteiger partial charge in [0, 0.05) is 5.56 Å². The van der Waals surface area contributed by atoms with Gasteiger partial charge in [0.25, 0.3) is 0 Å². The average Bonchev–Trinajstić information content (AvgIpc) is 2.42. The fraction of sp³-hybridized carbons (Fsp3) is 0.0714. The van der Waals surface area contributed by atoms with Crippen molar-refractivity contribution >= 4 is 23.2 Å². The second-order valence-corrected chi connectivity index (χ2v) is 4.20. The minimum absolute atomic E-state index is 0.0355. The summed E-state index contributed by atoms with van der Waals surface area (Å²) in [5, 5.41) is 21.9. The quantitative estimate of drug-likeness (QED) is 0.597. The molecule has 0 saturated heterocycles. The van der Waals surface area contributed by atoms with E-state index in [1.165, 1.54) is 12.1 Å². The Bertz CT molecular complexity index is 596. The molecule has 0 aliphatic rings. The van der Waals surface area contributed by atoms with Gasteiger partial charge in [-0.05, 0) is 23.8 Å². The van der Waals surface area contributed by atoms with Crippen LogP contribution < -0.4 is 5.32 Å². The number of amides is 1. The molecule has 0 atom stereocenters. The van der Waals surface area contributed by atoms with E-state index >= 15 is 0 Å². The molecular weight excluding hydrogens is 266 g/mol. The molecule has 0 unspecified atom stereocenters. The van der Waals surface area contributed by atoms with Crippen LogP contribution in [0.3, 0.4) is 0 Å². The van der Waals surface area contributed by atoms with Crippen molar-refractivity contribution in [1.82, 2.24) is 0 Å². The summed E-state index contributed by atoms with van der Waals surface area (Å²) in [6, 6.07) is 11.4. The lowest BCUT2D eigenvalue weighted by Crippen LogP contribution is -2.12. The molecule has 0 spiro atoms. The minimum Gasteiger partial charge on any atom is -0.508 e. The van der Waals surface area contributed by atoms with Crippen LogP contribution in [0.25, 0.3) is 11.1 Å². The lowest BCUT2D eigenvalue weighted by molar-refractivity contribution is -0.113. The fourth-order valence-corrected chi connectivity index (χ4v) is 1.77. The van der Waals surface area contributed by atoms with Gasteiger partial charge in [-0.1, -0.05) is 24.3 Å².